The first kappa shape index (κ1) is 13.3. The molecule has 1 aliphatic heterocycles. The van der Waals surface area contributed by atoms with Crippen molar-refractivity contribution in [1.29, 1.82) is 0 Å². The van der Waals surface area contributed by atoms with Gasteiger partial charge in [-0.15, -0.1) is 0 Å². The van der Waals surface area contributed by atoms with E-state index in [2.05, 4.69) is 0 Å². The first-order valence-electron chi connectivity index (χ1n) is 5.01. The lowest BCUT2D eigenvalue weighted by molar-refractivity contribution is -0.277. The van der Waals surface area contributed by atoms with E-state index in [9.17, 15) is 26.7 Å². The van der Waals surface area contributed by atoms with E-state index in [-0.39, 0.29) is 18.0 Å². The number of nitrogens with zero attached hydrogens (tertiary/aromatic N) is 1. The predicted molar refractivity (Wildman–Crippen MR) is 46.1 cm³/mol. The molecule has 1 aliphatic rings. The summed E-state index contributed by atoms with van der Waals surface area (Å²) in [4.78, 5) is 10.1. The quantitative estimate of drug-likeness (QED) is 0.432. The van der Waals surface area contributed by atoms with Crippen LogP contribution in [0, 0.1) is 0 Å². The minimum Gasteiger partial charge on any atom is -0.254 e. The summed E-state index contributed by atoms with van der Waals surface area (Å²) in [5.74, 6) is -5.27. The number of halogens is 5. The maximum atomic E-state index is 13.2. The van der Waals surface area contributed by atoms with E-state index in [4.69, 9.17) is 0 Å². The summed E-state index contributed by atoms with van der Waals surface area (Å²) >= 11 is 0. The molecule has 7 heteroatoms. The molecule has 0 aromatic carbocycles. The summed E-state index contributed by atoms with van der Waals surface area (Å²) in [5.41, 5.74) is 0. The van der Waals surface area contributed by atoms with Crippen molar-refractivity contribution in [3.63, 3.8) is 0 Å². The molecular weight excluding hydrogens is 233 g/mol. The van der Waals surface area contributed by atoms with Crippen molar-refractivity contribution in [2.75, 3.05) is 13.1 Å². The first-order chi connectivity index (χ1) is 7.30. The van der Waals surface area contributed by atoms with Gasteiger partial charge in [0.2, 0.25) is 0 Å². The van der Waals surface area contributed by atoms with Gasteiger partial charge in [-0.2, -0.15) is 22.0 Å². The Hall–Kier alpha value is -0.720. The summed E-state index contributed by atoms with van der Waals surface area (Å²) in [6, 6.07) is -8.04. The molecule has 0 aromatic rings. The van der Waals surface area contributed by atoms with Gasteiger partial charge in [-0.25, -0.2) is 4.90 Å². The largest absolute Gasteiger partial charge is 0.412 e. The topological polar surface area (TPSA) is 20.3 Å². The Morgan fingerprint density at radius 3 is 1.75 bits per heavy atom. The molecule has 1 rings (SSSR count). The first-order valence-corrected chi connectivity index (χ1v) is 5.01. The molecule has 0 bridgehead atoms. The molecule has 0 aromatic heterocycles. The van der Waals surface area contributed by atoms with Crippen molar-refractivity contribution in [2.24, 2.45) is 0 Å². The number of hydrogen-bond acceptors (Lipinski definition) is 2. The zero-order chi connectivity index (χ0) is 12.4. The Morgan fingerprint density at radius 2 is 1.38 bits per heavy atom. The van der Waals surface area contributed by atoms with Crippen LogP contribution in [0.25, 0.3) is 0 Å². The van der Waals surface area contributed by atoms with Gasteiger partial charge >= 0.3 is 18.0 Å². The lowest BCUT2D eigenvalue weighted by Gasteiger charge is -2.33. The molecule has 16 heavy (non-hydrogen) atoms. The summed E-state index contributed by atoms with van der Waals surface area (Å²) in [5, 5.41) is 0. The Kier molecular flexibility index (Phi) is 3.88. The molecule has 2 nitrogen and oxygen atoms in total. The molecule has 0 N–H and O–H groups in total. The molecule has 0 saturated carbocycles. The molecule has 1 fully saturated rings. The Morgan fingerprint density at radius 1 is 0.938 bits per heavy atom. The summed E-state index contributed by atoms with van der Waals surface area (Å²) < 4.78 is 63.9. The summed E-state index contributed by atoms with van der Waals surface area (Å²) in [6.45, 7) is -0.508. The lowest BCUT2D eigenvalue weighted by atomic mass is 10.2. The van der Waals surface area contributed by atoms with E-state index >= 15 is 0 Å². The van der Waals surface area contributed by atoms with Crippen LogP contribution in [-0.4, -0.2) is 36.0 Å². The monoisotopic (exact) mass is 245 g/mol. The van der Waals surface area contributed by atoms with Gasteiger partial charge in [-0.05, 0) is 12.8 Å². The third-order valence-electron chi connectivity index (χ3n) is 2.63. The van der Waals surface area contributed by atoms with E-state index in [0.29, 0.717) is 25.7 Å². The average molecular weight is 245 g/mol. The molecule has 94 valence electrons. The maximum absolute atomic E-state index is 13.2. The van der Waals surface area contributed by atoms with Gasteiger partial charge < -0.3 is 0 Å². The van der Waals surface area contributed by atoms with E-state index in [0.717, 1.165) is 0 Å². The standard InChI is InChI=1S/C9H12F5NO/c10-7(16)8(11,12)9(13,14)15-5-3-1-2-4-6-15/h1-6H2. The number of carbonyl (C=O) groups is 1. The van der Waals surface area contributed by atoms with Crippen LogP contribution in [0.2, 0.25) is 0 Å². The van der Waals surface area contributed by atoms with E-state index in [1.807, 2.05) is 0 Å². The number of likely N-dealkylation sites (tertiary alicyclic amines) is 1. The van der Waals surface area contributed by atoms with Gasteiger partial charge in [0.1, 0.15) is 0 Å². The van der Waals surface area contributed by atoms with Crippen molar-refractivity contribution in [3.05, 3.63) is 0 Å². The highest BCUT2D eigenvalue weighted by molar-refractivity contribution is 5.77. The van der Waals surface area contributed by atoms with Crippen molar-refractivity contribution in [2.45, 2.75) is 37.7 Å². The van der Waals surface area contributed by atoms with Crippen molar-refractivity contribution < 1.29 is 26.7 Å². The number of alkyl halides is 4. The minimum atomic E-state index is -5.27. The van der Waals surface area contributed by atoms with Crippen molar-refractivity contribution >= 4 is 6.04 Å². The Balaban J connectivity index is 2.85. The number of rotatable bonds is 3. The maximum Gasteiger partial charge on any atom is 0.412 e. The van der Waals surface area contributed by atoms with Gasteiger partial charge in [-0.3, -0.25) is 4.79 Å². The normalized spacial score (nSPS) is 20.6. The fraction of sp³-hybridized carbons (Fsp3) is 0.889. The molecule has 0 spiro atoms. The fourth-order valence-corrected chi connectivity index (χ4v) is 1.67. The highest BCUT2D eigenvalue weighted by atomic mass is 19.3. The van der Waals surface area contributed by atoms with Crippen LogP contribution in [0.4, 0.5) is 22.0 Å². The third-order valence-corrected chi connectivity index (χ3v) is 2.63. The van der Waals surface area contributed by atoms with Crippen molar-refractivity contribution in [3.8, 4) is 0 Å². The third kappa shape index (κ3) is 2.34. The molecule has 0 unspecified atom stereocenters. The van der Waals surface area contributed by atoms with Crippen LogP contribution < -0.4 is 0 Å². The van der Waals surface area contributed by atoms with Crippen LogP contribution >= 0.6 is 0 Å². The summed E-state index contributed by atoms with van der Waals surface area (Å²) in [6.07, 6.45) is 2.02. The van der Waals surface area contributed by atoms with Crippen LogP contribution in [0.3, 0.4) is 0 Å². The van der Waals surface area contributed by atoms with Gasteiger partial charge in [-0.1, -0.05) is 12.8 Å². The zero-order valence-corrected chi connectivity index (χ0v) is 8.49. The number of hydrogen-bond donors (Lipinski definition) is 0. The van der Waals surface area contributed by atoms with Gasteiger partial charge in [0, 0.05) is 13.1 Å². The molecule has 0 aliphatic carbocycles. The molecular formula is C9H12F5NO. The molecule has 1 heterocycles. The highest BCUT2D eigenvalue weighted by Gasteiger charge is 2.65. The Bertz CT molecular complexity index is 261. The van der Waals surface area contributed by atoms with Crippen LogP contribution in [0.1, 0.15) is 25.7 Å². The van der Waals surface area contributed by atoms with Crippen LogP contribution in [0.5, 0.6) is 0 Å². The van der Waals surface area contributed by atoms with E-state index in [1.165, 1.54) is 0 Å². The SMILES string of the molecule is O=C(F)C(F)(F)C(F)(F)N1CCCCCC1. The lowest BCUT2D eigenvalue weighted by Crippen LogP contribution is -2.57. The molecule has 0 radical (unpaired) electrons. The second kappa shape index (κ2) is 4.65. The van der Waals surface area contributed by atoms with Gasteiger partial charge in [0.25, 0.3) is 0 Å². The Labute approximate surface area is 89.4 Å². The van der Waals surface area contributed by atoms with Crippen LogP contribution in [-0.2, 0) is 4.79 Å². The second-order valence-corrected chi connectivity index (χ2v) is 3.79. The summed E-state index contributed by atoms with van der Waals surface area (Å²) in [7, 11) is 0. The van der Waals surface area contributed by atoms with Crippen molar-refractivity contribution in [1.82, 2.24) is 4.90 Å². The molecule has 0 amide bonds. The number of carbonyl (C=O) groups excluding carboxylic acids is 1. The molecule has 0 atom stereocenters. The average Bonchev–Trinajstić information content (AvgIpc) is 2.45. The van der Waals surface area contributed by atoms with E-state index < -0.39 is 18.0 Å². The fourth-order valence-electron chi connectivity index (χ4n) is 1.67. The smallest absolute Gasteiger partial charge is 0.254 e. The van der Waals surface area contributed by atoms with Crippen LogP contribution in [0.15, 0.2) is 0 Å². The molecule has 1 saturated heterocycles. The van der Waals surface area contributed by atoms with E-state index in [1.54, 1.807) is 0 Å². The zero-order valence-electron chi connectivity index (χ0n) is 8.49. The van der Waals surface area contributed by atoms with Gasteiger partial charge in [0.05, 0.1) is 0 Å². The predicted octanol–water partition coefficient (Wildman–Crippen LogP) is 2.59. The highest BCUT2D eigenvalue weighted by Crippen LogP contribution is 2.39. The minimum absolute atomic E-state index is 0.192. The van der Waals surface area contributed by atoms with Gasteiger partial charge in [0.15, 0.2) is 0 Å². The second-order valence-electron chi connectivity index (χ2n) is 3.79.